The third-order valence-corrected chi connectivity index (χ3v) is 2.98. The fourth-order valence-electron chi connectivity index (χ4n) is 2.22. The Labute approximate surface area is 90.9 Å². The first-order valence-corrected chi connectivity index (χ1v) is 5.49. The van der Waals surface area contributed by atoms with Crippen LogP contribution >= 0.6 is 0 Å². The van der Waals surface area contributed by atoms with Gasteiger partial charge >= 0.3 is 0 Å². The van der Waals surface area contributed by atoms with Gasteiger partial charge in [0.25, 0.3) is 0 Å². The van der Waals surface area contributed by atoms with E-state index in [1.165, 1.54) is 30.4 Å². The first-order valence-electron chi connectivity index (χ1n) is 5.49. The second-order valence-corrected chi connectivity index (χ2v) is 4.36. The minimum atomic E-state index is 0.206. The number of benzene rings is 1. The van der Waals surface area contributed by atoms with Crippen LogP contribution in [0.2, 0.25) is 0 Å². The molecule has 15 heavy (non-hydrogen) atoms. The van der Waals surface area contributed by atoms with Crippen LogP contribution in [0, 0.1) is 0 Å². The van der Waals surface area contributed by atoms with Crippen molar-refractivity contribution in [3.05, 3.63) is 29.3 Å². The van der Waals surface area contributed by atoms with Gasteiger partial charge in [0.05, 0.1) is 6.54 Å². The van der Waals surface area contributed by atoms with Gasteiger partial charge < -0.3 is 4.90 Å². The van der Waals surface area contributed by atoms with Gasteiger partial charge in [0.2, 0.25) is 0 Å². The highest BCUT2D eigenvalue weighted by Gasteiger charge is 2.12. The van der Waals surface area contributed by atoms with Crippen molar-refractivity contribution in [1.29, 1.82) is 0 Å². The summed E-state index contributed by atoms with van der Waals surface area (Å²) in [7, 11) is 1.97. The summed E-state index contributed by atoms with van der Waals surface area (Å²) < 4.78 is 0. The number of fused-ring (bicyclic) bond motifs is 1. The van der Waals surface area contributed by atoms with E-state index < -0.39 is 0 Å². The zero-order valence-corrected chi connectivity index (χ0v) is 9.42. The first-order chi connectivity index (χ1) is 7.16. The van der Waals surface area contributed by atoms with Crippen molar-refractivity contribution >= 4 is 11.5 Å². The van der Waals surface area contributed by atoms with E-state index in [0.29, 0.717) is 6.54 Å². The number of hydrogen-bond donors (Lipinski definition) is 0. The van der Waals surface area contributed by atoms with Crippen molar-refractivity contribution in [2.24, 2.45) is 0 Å². The Morgan fingerprint density at radius 1 is 1.33 bits per heavy atom. The van der Waals surface area contributed by atoms with E-state index in [1.807, 2.05) is 11.9 Å². The molecule has 1 aliphatic carbocycles. The SMILES string of the molecule is CC(=O)CN(C)c1ccc2c(c1)CCC2. The van der Waals surface area contributed by atoms with Crippen LogP contribution in [0.4, 0.5) is 5.69 Å². The number of carbonyl (C=O) groups is 1. The molecule has 0 atom stereocenters. The lowest BCUT2D eigenvalue weighted by atomic mass is 10.1. The molecule has 0 heterocycles. The summed E-state index contributed by atoms with van der Waals surface area (Å²) in [5, 5.41) is 0. The molecule has 0 unspecified atom stereocenters. The van der Waals surface area contributed by atoms with E-state index in [4.69, 9.17) is 0 Å². The van der Waals surface area contributed by atoms with Crippen molar-refractivity contribution in [1.82, 2.24) is 0 Å². The fourth-order valence-corrected chi connectivity index (χ4v) is 2.22. The fraction of sp³-hybridized carbons (Fsp3) is 0.462. The van der Waals surface area contributed by atoms with Crippen LogP contribution in [0.1, 0.15) is 24.5 Å². The lowest BCUT2D eigenvalue weighted by Gasteiger charge is -2.18. The zero-order chi connectivity index (χ0) is 10.8. The van der Waals surface area contributed by atoms with Gasteiger partial charge in [-0.05, 0) is 49.4 Å². The Hall–Kier alpha value is -1.31. The van der Waals surface area contributed by atoms with Crippen LogP contribution in [-0.4, -0.2) is 19.4 Å². The molecule has 0 bridgehead atoms. The topological polar surface area (TPSA) is 20.3 Å². The van der Waals surface area contributed by atoms with E-state index in [9.17, 15) is 4.79 Å². The lowest BCUT2D eigenvalue weighted by molar-refractivity contribution is -0.115. The molecule has 0 radical (unpaired) electrons. The highest BCUT2D eigenvalue weighted by atomic mass is 16.1. The molecule has 0 saturated carbocycles. The molecule has 0 N–H and O–H groups in total. The second-order valence-electron chi connectivity index (χ2n) is 4.36. The Morgan fingerprint density at radius 3 is 2.80 bits per heavy atom. The summed E-state index contributed by atoms with van der Waals surface area (Å²) in [4.78, 5) is 13.0. The summed E-state index contributed by atoms with van der Waals surface area (Å²) in [5.74, 6) is 0.206. The van der Waals surface area contributed by atoms with Gasteiger partial charge in [0.1, 0.15) is 5.78 Å². The van der Waals surface area contributed by atoms with E-state index in [2.05, 4.69) is 18.2 Å². The first kappa shape index (κ1) is 10.2. The van der Waals surface area contributed by atoms with Crippen LogP contribution in [0.5, 0.6) is 0 Å². The normalized spacial score (nSPS) is 13.7. The largest absolute Gasteiger partial charge is 0.367 e. The van der Waals surface area contributed by atoms with Gasteiger partial charge in [-0.3, -0.25) is 4.79 Å². The molecule has 0 saturated heterocycles. The summed E-state index contributed by atoms with van der Waals surface area (Å²) in [6.45, 7) is 2.13. The molecule has 0 fully saturated rings. The number of nitrogens with zero attached hydrogens (tertiary/aromatic N) is 1. The number of carbonyl (C=O) groups excluding carboxylic acids is 1. The van der Waals surface area contributed by atoms with Crippen LogP contribution < -0.4 is 4.90 Å². The molecule has 2 nitrogen and oxygen atoms in total. The quantitative estimate of drug-likeness (QED) is 0.750. The molecule has 2 rings (SSSR count). The number of anilines is 1. The number of Topliss-reactive ketones (excluding diaryl/α,β-unsaturated/α-hetero) is 1. The molecule has 0 aromatic heterocycles. The van der Waals surface area contributed by atoms with Crippen molar-refractivity contribution < 1.29 is 4.79 Å². The Kier molecular flexibility index (Phi) is 2.76. The van der Waals surface area contributed by atoms with Crippen LogP contribution in [-0.2, 0) is 17.6 Å². The summed E-state index contributed by atoms with van der Waals surface area (Å²) in [5.41, 5.74) is 4.10. The average molecular weight is 203 g/mol. The van der Waals surface area contributed by atoms with Gasteiger partial charge in [-0.25, -0.2) is 0 Å². The summed E-state index contributed by atoms with van der Waals surface area (Å²) in [6, 6.07) is 6.55. The van der Waals surface area contributed by atoms with Crippen molar-refractivity contribution in [3.63, 3.8) is 0 Å². The van der Waals surface area contributed by atoms with Crippen LogP contribution in [0.15, 0.2) is 18.2 Å². The Balaban J connectivity index is 2.19. The van der Waals surface area contributed by atoms with E-state index in [0.717, 1.165) is 5.69 Å². The molecule has 0 amide bonds. The predicted molar refractivity (Wildman–Crippen MR) is 62.4 cm³/mol. The summed E-state index contributed by atoms with van der Waals surface area (Å²) in [6.07, 6.45) is 3.68. The number of ketones is 1. The maximum Gasteiger partial charge on any atom is 0.149 e. The average Bonchev–Trinajstić information content (AvgIpc) is 2.62. The number of likely N-dealkylation sites (N-methyl/N-ethyl adjacent to an activating group) is 1. The van der Waals surface area contributed by atoms with E-state index >= 15 is 0 Å². The number of aryl methyl sites for hydroxylation is 2. The minimum Gasteiger partial charge on any atom is -0.367 e. The minimum absolute atomic E-state index is 0.206. The van der Waals surface area contributed by atoms with Crippen molar-refractivity contribution in [3.8, 4) is 0 Å². The smallest absolute Gasteiger partial charge is 0.149 e. The molecule has 1 aromatic rings. The molecule has 2 heteroatoms. The predicted octanol–water partition coefficient (Wildman–Crippen LogP) is 2.20. The molecule has 1 aliphatic rings. The number of rotatable bonds is 3. The van der Waals surface area contributed by atoms with E-state index in [-0.39, 0.29) is 5.78 Å². The third kappa shape index (κ3) is 2.20. The molecule has 0 aliphatic heterocycles. The van der Waals surface area contributed by atoms with Gasteiger partial charge in [-0.1, -0.05) is 6.07 Å². The molecule has 80 valence electrons. The van der Waals surface area contributed by atoms with Gasteiger partial charge in [-0.2, -0.15) is 0 Å². The van der Waals surface area contributed by atoms with Gasteiger partial charge in [-0.15, -0.1) is 0 Å². The Bertz CT molecular complexity index is 384. The van der Waals surface area contributed by atoms with Crippen molar-refractivity contribution in [2.75, 3.05) is 18.5 Å². The standard InChI is InChI=1S/C13H17NO/c1-10(15)9-14(2)13-7-6-11-4-3-5-12(11)8-13/h6-8H,3-5,9H2,1-2H3. The molecule has 0 spiro atoms. The molecular weight excluding hydrogens is 186 g/mol. The second kappa shape index (κ2) is 4.05. The maximum absolute atomic E-state index is 11.0. The summed E-state index contributed by atoms with van der Waals surface area (Å²) >= 11 is 0. The van der Waals surface area contributed by atoms with Gasteiger partial charge in [0.15, 0.2) is 0 Å². The molecule has 1 aromatic carbocycles. The van der Waals surface area contributed by atoms with E-state index in [1.54, 1.807) is 6.92 Å². The molecular formula is C13H17NO. The van der Waals surface area contributed by atoms with Gasteiger partial charge in [0, 0.05) is 12.7 Å². The zero-order valence-electron chi connectivity index (χ0n) is 9.42. The van der Waals surface area contributed by atoms with Crippen LogP contribution in [0.25, 0.3) is 0 Å². The lowest BCUT2D eigenvalue weighted by Crippen LogP contribution is -2.23. The van der Waals surface area contributed by atoms with Crippen LogP contribution in [0.3, 0.4) is 0 Å². The highest BCUT2D eigenvalue weighted by Crippen LogP contribution is 2.26. The maximum atomic E-state index is 11.0. The van der Waals surface area contributed by atoms with Crippen molar-refractivity contribution in [2.45, 2.75) is 26.2 Å². The third-order valence-electron chi connectivity index (χ3n) is 2.98. The monoisotopic (exact) mass is 203 g/mol. The Morgan fingerprint density at radius 2 is 2.07 bits per heavy atom. The number of hydrogen-bond acceptors (Lipinski definition) is 2. The highest BCUT2D eigenvalue weighted by molar-refractivity contribution is 5.80.